The van der Waals surface area contributed by atoms with Crippen molar-refractivity contribution in [3.8, 4) is 5.75 Å². The number of halogens is 1. The van der Waals surface area contributed by atoms with E-state index in [0.29, 0.717) is 38.2 Å². The molecule has 1 aliphatic heterocycles. The summed E-state index contributed by atoms with van der Waals surface area (Å²) in [7, 11) is 0.904. The molecule has 0 amide bonds. The van der Waals surface area contributed by atoms with Crippen LogP contribution in [-0.2, 0) is 21.3 Å². The summed E-state index contributed by atoms with van der Waals surface area (Å²) in [6.45, 7) is 2.22. The molecular formula is C17H23FN6O4S. The average Bonchev–Trinajstić information content (AvgIpc) is 2.72. The first kappa shape index (κ1) is 21.1. The van der Waals surface area contributed by atoms with Gasteiger partial charge in [-0.05, 0) is 18.2 Å². The van der Waals surface area contributed by atoms with E-state index in [1.807, 2.05) is 4.90 Å². The standard InChI is InChI=1S/C17H23FN6O4S/c1-23(2)16-20-15(21-17(22-16)24-6-8-28-9-7-24)11-19-29(25,26)12-4-5-14(27-3)13(18)10-12/h4-5,10,19H,6-9,11H2,1-3H3. The number of hydrogen-bond donors (Lipinski definition) is 1. The molecule has 0 atom stereocenters. The summed E-state index contributed by atoms with van der Waals surface area (Å²) in [5.74, 6) is 0.317. The number of morpholine rings is 1. The van der Waals surface area contributed by atoms with Gasteiger partial charge in [0, 0.05) is 27.2 Å². The number of hydrogen-bond acceptors (Lipinski definition) is 9. The zero-order valence-electron chi connectivity index (χ0n) is 16.4. The molecule has 0 aliphatic carbocycles. The molecule has 2 aromatic rings. The second-order valence-electron chi connectivity index (χ2n) is 6.47. The van der Waals surface area contributed by atoms with Gasteiger partial charge in [-0.2, -0.15) is 15.0 Å². The van der Waals surface area contributed by atoms with Crippen LogP contribution in [0.15, 0.2) is 23.1 Å². The smallest absolute Gasteiger partial charge is 0.241 e. The lowest BCUT2D eigenvalue weighted by Gasteiger charge is -2.27. The summed E-state index contributed by atoms with van der Waals surface area (Å²) < 4.78 is 51.5. The third-order valence-corrected chi connectivity index (χ3v) is 5.60. The number of benzene rings is 1. The molecule has 29 heavy (non-hydrogen) atoms. The summed E-state index contributed by atoms with van der Waals surface area (Å²) in [5, 5.41) is 0. The van der Waals surface area contributed by atoms with Crippen molar-refractivity contribution in [2.24, 2.45) is 0 Å². The predicted octanol–water partition coefficient (Wildman–Crippen LogP) is 0.400. The van der Waals surface area contributed by atoms with Crippen LogP contribution in [0.1, 0.15) is 5.82 Å². The van der Waals surface area contributed by atoms with E-state index in [-0.39, 0.29) is 23.0 Å². The molecule has 1 saturated heterocycles. The highest BCUT2D eigenvalue weighted by Gasteiger charge is 2.20. The minimum atomic E-state index is -3.97. The van der Waals surface area contributed by atoms with Gasteiger partial charge in [0.2, 0.25) is 21.9 Å². The zero-order chi connectivity index (χ0) is 21.0. The fraction of sp³-hybridized carbons (Fsp3) is 0.471. The van der Waals surface area contributed by atoms with Gasteiger partial charge < -0.3 is 19.3 Å². The van der Waals surface area contributed by atoms with E-state index in [0.717, 1.165) is 6.07 Å². The normalized spacial score (nSPS) is 14.7. The van der Waals surface area contributed by atoms with Crippen LogP contribution in [0.5, 0.6) is 5.75 Å². The van der Waals surface area contributed by atoms with Gasteiger partial charge in [-0.1, -0.05) is 0 Å². The van der Waals surface area contributed by atoms with E-state index in [9.17, 15) is 12.8 Å². The molecule has 1 aromatic heterocycles. The Morgan fingerprint density at radius 1 is 1.24 bits per heavy atom. The molecule has 10 nitrogen and oxygen atoms in total. The lowest BCUT2D eigenvalue weighted by atomic mass is 10.3. The molecule has 1 N–H and O–H groups in total. The Bertz CT molecular complexity index is 966. The molecule has 12 heteroatoms. The van der Waals surface area contributed by atoms with E-state index in [4.69, 9.17) is 9.47 Å². The highest BCUT2D eigenvalue weighted by molar-refractivity contribution is 7.89. The summed E-state index contributed by atoms with van der Waals surface area (Å²) in [4.78, 5) is 16.5. The number of rotatable bonds is 7. The van der Waals surface area contributed by atoms with Gasteiger partial charge in [-0.15, -0.1) is 0 Å². The van der Waals surface area contributed by atoms with Gasteiger partial charge in [0.15, 0.2) is 17.4 Å². The predicted molar refractivity (Wildman–Crippen MR) is 104 cm³/mol. The molecule has 0 saturated carbocycles. The molecular weight excluding hydrogens is 403 g/mol. The largest absolute Gasteiger partial charge is 0.494 e. The molecule has 0 unspecified atom stereocenters. The van der Waals surface area contributed by atoms with Crippen molar-refractivity contribution in [3.05, 3.63) is 29.8 Å². The van der Waals surface area contributed by atoms with Gasteiger partial charge in [-0.25, -0.2) is 17.5 Å². The second kappa shape index (κ2) is 8.84. The van der Waals surface area contributed by atoms with Crippen LogP contribution in [0.2, 0.25) is 0 Å². The Morgan fingerprint density at radius 2 is 1.97 bits per heavy atom. The molecule has 2 heterocycles. The fourth-order valence-electron chi connectivity index (χ4n) is 2.64. The molecule has 1 fully saturated rings. The first-order valence-corrected chi connectivity index (χ1v) is 10.4. The van der Waals surface area contributed by atoms with Gasteiger partial charge in [0.1, 0.15) is 0 Å². The Kier molecular flexibility index (Phi) is 6.45. The fourth-order valence-corrected chi connectivity index (χ4v) is 3.63. The minimum absolute atomic E-state index is 0.0350. The van der Waals surface area contributed by atoms with E-state index in [1.165, 1.54) is 19.2 Å². The topological polar surface area (TPSA) is 110 Å². The SMILES string of the molecule is COc1ccc(S(=O)(=O)NCc2nc(N(C)C)nc(N3CCOCC3)n2)cc1F. The summed E-state index contributed by atoms with van der Waals surface area (Å²) in [6, 6.07) is 3.43. The molecule has 3 rings (SSSR count). The summed E-state index contributed by atoms with van der Waals surface area (Å²) >= 11 is 0. The number of nitrogens with zero attached hydrogens (tertiary/aromatic N) is 5. The van der Waals surface area contributed by atoms with Crippen LogP contribution < -0.4 is 19.3 Å². The van der Waals surface area contributed by atoms with Crippen LogP contribution in [0.25, 0.3) is 0 Å². The zero-order valence-corrected chi connectivity index (χ0v) is 17.2. The highest BCUT2D eigenvalue weighted by atomic mass is 32.2. The number of aromatic nitrogens is 3. The maximum Gasteiger partial charge on any atom is 0.241 e. The molecule has 158 valence electrons. The second-order valence-corrected chi connectivity index (χ2v) is 8.23. The third-order valence-electron chi connectivity index (χ3n) is 4.21. The van der Waals surface area contributed by atoms with Crippen molar-refractivity contribution < 1.29 is 22.3 Å². The number of anilines is 2. The van der Waals surface area contributed by atoms with Crippen LogP contribution >= 0.6 is 0 Å². The minimum Gasteiger partial charge on any atom is -0.494 e. The number of methoxy groups -OCH3 is 1. The Hall–Kier alpha value is -2.57. The van der Waals surface area contributed by atoms with Crippen molar-refractivity contribution in [1.29, 1.82) is 0 Å². The number of nitrogens with one attached hydrogen (secondary N) is 1. The monoisotopic (exact) mass is 426 g/mol. The van der Waals surface area contributed by atoms with E-state index in [2.05, 4.69) is 19.7 Å². The molecule has 0 radical (unpaired) electrons. The van der Waals surface area contributed by atoms with Crippen molar-refractivity contribution in [2.45, 2.75) is 11.4 Å². The number of sulfonamides is 1. The molecule has 0 bridgehead atoms. The highest BCUT2D eigenvalue weighted by Crippen LogP contribution is 2.21. The number of ether oxygens (including phenoxy) is 2. The summed E-state index contributed by atoms with van der Waals surface area (Å²) in [6.07, 6.45) is 0. The van der Waals surface area contributed by atoms with Crippen LogP contribution in [0.4, 0.5) is 16.3 Å². The third kappa shape index (κ3) is 5.08. The lowest BCUT2D eigenvalue weighted by molar-refractivity contribution is 0.122. The van der Waals surface area contributed by atoms with Gasteiger partial charge in [0.25, 0.3) is 0 Å². The maximum atomic E-state index is 13.9. The average molecular weight is 426 g/mol. The van der Waals surface area contributed by atoms with Crippen LogP contribution in [0, 0.1) is 5.82 Å². The van der Waals surface area contributed by atoms with E-state index < -0.39 is 15.8 Å². The van der Waals surface area contributed by atoms with Gasteiger partial charge in [0.05, 0.1) is 31.8 Å². The first-order chi connectivity index (χ1) is 13.8. The molecule has 0 spiro atoms. The van der Waals surface area contributed by atoms with Crippen molar-refractivity contribution in [2.75, 3.05) is 57.3 Å². The first-order valence-electron chi connectivity index (χ1n) is 8.88. The Morgan fingerprint density at radius 3 is 2.59 bits per heavy atom. The van der Waals surface area contributed by atoms with Crippen molar-refractivity contribution >= 4 is 21.9 Å². The maximum absolute atomic E-state index is 13.9. The quantitative estimate of drug-likeness (QED) is 0.673. The molecule has 1 aliphatic rings. The van der Waals surface area contributed by atoms with Crippen molar-refractivity contribution in [1.82, 2.24) is 19.7 Å². The van der Waals surface area contributed by atoms with Gasteiger partial charge >= 0.3 is 0 Å². The molecule has 1 aromatic carbocycles. The van der Waals surface area contributed by atoms with Gasteiger partial charge in [-0.3, -0.25) is 0 Å². The Labute approximate surface area is 168 Å². The summed E-state index contributed by atoms with van der Waals surface area (Å²) in [5.41, 5.74) is 0. The van der Waals surface area contributed by atoms with Crippen LogP contribution in [-0.4, -0.2) is 70.9 Å². The van der Waals surface area contributed by atoms with E-state index >= 15 is 0 Å². The van der Waals surface area contributed by atoms with Crippen LogP contribution in [0.3, 0.4) is 0 Å². The Balaban J connectivity index is 1.81. The van der Waals surface area contributed by atoms with Crippen molar-refractivity contribution in [3.63, 3.8) is 0 Å². The lowest BCUT2D eigenvalue weighted by Crippen LogP contribution is -2.38. The van der Waals surface area contributed by atoms with E-state index in [1.54, 1.807) is 19.0 Å².